The van der Waals surface area contributed by atoms with Crippen LogP contribution in [-0.2, 0) is 8.85 Å². The van der Waals surface area contributed by atoms with Crippen LogP contribution < -0.4 is 10.4 Å². The second-order valence-corrected chi connectivity index (χ2v) is 27.9. The lowest BCUT2D eigenvalue weighted by Gasteiger charge is -2.49. The number of halogens is 14. The maximum absolute atomic E-state index is 15.5. The number of alkyl halides is 13. The minimum absolute atomic E-state index is 0.325. The molecule has 0 amide bonds. The van der Waals surface area contributed by atoms with Gasteiger partial charge in [-0.15, -0.1) is 0 Å². The third kappa shape index (κ3) is 10.4. The van der Waals surface area contributed by atoms with Crippen molar-refractivity contribution in [2.75, 3.05) is 0 Å². The Kier molecular flexibility index (Phi) is 17.6. The van der Waals surface area contributed by atoms with Crippen molar-refractivity contribution < 1.29 is 65.9 Å². The van der Waals surface area contributed by atoms with Gasteiger partial charge < -0.3 is 8.85 Å². The smallest absolute Gasteiger partial charge is 0.409 e. The van der Waals surface area contributed by atoms with Gasteiger partial charge in [0.1, 0.15) is 0 Å². The van der Waals surface area contributed by atoms with Crippen LogP contribution in [-0.4, -0.2) is 64.6 Å². The first-order valence-corrected chi connectivity index (χ1v) is 24.7. The second kappa shape index (κ2) is 19.5. The molecule has 0 aliphatic rings. The van der Waals surface area contributed by atoms with Gasteiger partial charge in [-0.3, -0.25) is 0 Å². The minimum atomic E-state index is -7.96. The maximum Gasteiger partial charge on any atom is 0.460 e. The zero-order chi connectivity index (χ0) is 46.7. The van der Waals surface area contributed by atoms with Crippen LogP contribution in [0.2, 0.25) is 22.2 Å². The first kappa shape index (κ1) is 54.2. The lowest BCUT2D eigenvalue weighted by atomic mass is 9.91. The van der Waals surface area contributed by atoms with Gasteiger partial charge >= 0.3 is 35.8 Å². The summed E-state index contributed by atoms with van der Waals surface area (Å²) in [6.07, 6.45) is -7.44. The molecule has 60 heavy (non-hydrogen) atoms. The molecule has 0 aliphatic heterocycles. The first-order chi connectivity index (χ1) is 27.1. The highest BCUT2D eigenvalue weighted by atomic mass is 127. The molecule has 2 rings (SSSR count). The van der Waals surface area contributed by atoms with Crippen LogP contribution in [0.25, 0.3) is 0 Å². The molecule has 2 aromatic rings. The van der Waals surface area contributed by atoms with E-state index in [1.54, 1.807) is 47.6 Å². The molecule has 0 spiro atoms. The van der Waals surface area contributed by atoms with Gasteiger partial charge in [0.2, 0.25) is 0 Å². The van der Waals surface area contributed by atoms with Gasteiger partial charge in [0.15, 0.2) is 8.32 Å². The molecule has 0 saturated carbocycles. The van der Waals surface area contributed by atoms with Crippen molar-refractivity contribution >= 4 is 49.6 Å². The summed E-state index contributed by atoms with van der Waals surface area (Å²) in [5.74, 6) is -37.8. The van der Waals surface area contributed by atoms with Crippen molar-refractivity contribution in [1.82, 2.24) is 0 Å². The normalized spacial score (nSPS) is 16.7. The molecule has 0 heterocycles. The van der Waals surface area contributed by atoms with E-state index in [0.717, 1.165) is 14.0 Å². The number of hydrogen-bond acceptors (Lipinski definition) is 2. The zero-order valence-corrected chi connectivity index (χ0v) is 39.7. The van der Waals surface area contributed by atoms with Gasteiger partial charge in [0.25, 0.3) is 8.32 Å². The number of rotatable bonds is 20. The summed E-state index contributed by atoms with van der Waals surface area (Å²) in [4.78, 5) is 0. The van der Waals surface area contributed by atoms with Gasteiger partial charge in [-0.2, -0.15) is 57.1 Å². The Labute approximate surface area is 361 Å². The Morgan fingerprint density at radius 1 is 0.650 bits per heavy atom. The van der Waals surface area contributed by atoms with E-state index in [0.29, 0.717) is 12.0 Å². The number of benzene rings is 2. The third-order valence-electron chi connectivity index (χ3n) is 11.5. The fourth-order valence-electron chi connectivity index (χ4n) is 7.66. The van der Waals surface area contributed by atoms with E-state index in [-0.39, 0.29) is 0 Å². The van der Waals surface area contributed by atoms with E-state index in [2.05, 4.69) is 43.4 Å². The van der Waals surface area contributed by atoms with Crippen LogP contribution in [0.3, 0.4) is 0 Å². The summed E-state index contributed by atoms with van der Waals surface area (Å²) < 4.78 is 199. The fraction of sp³-hybridized carbons (Fsp3) is 0.619. The predicted molar refractivity (Wildman–Crippen MR) is 225 cm³/mol. The maximum atomic E-state index is 15.5. The molecule has 0 aromatic heterocycles. The van der Waals surface area contributed by atoms with Gasteiger partial charge in [0.05, 0.1) is 12.2 Å². The average Bonchev–Trinajstić information content (AvgIpc) is 3.13. The number of allylic oxidation sites excluding steroid dienone is 2. The van der Waals surface area contributed by atoms with Crippen LogP contribution in [0, 0.1) is 5.92 Å². The lowest BCUT2D eigenvalue weighted by Crippen LogP contribution is -2.70. The SMILES string of the molecule is C/C=C(\C)[C@H](O[Si](CCC(F)(F)C(F)(F)C(F)(F)C(F)(F)C(F)(F)C(F)(F)F)(C(C)C)C(C)C)[C@@H](C)C(C/C=C(\C)I)O[Si](c1ccccc1)(c1ccccc1)C(C)(C)C. The molecule has 2 aromatic carbocycles. The highest BCUT2D eigenvalue weighted by Gasteiger charge is 2.90. The molecular formula is C42H56F13IO2Si2. The van der Waals surface area contributed by atoms with E-state index in [1.807, 2.05) is 80.6 Å². The molecule has 3 atom stereocenters. The van der Waals surface area contributed by atoms with Crippen molar-refractivity contribution in [3.05, 3.63) is 82.0 Å². The third-order valence-corrected chi connectivity index (χ3v) is 22.6. The summed E-state index contributed by atoms with van der Waals surface area (Å²) in [6.45, 7) is 19.5. The summed E-state index contributed by atoms with van der Waals surface area (Å²) in [6, 6.07) is 18.3. The van der Waals surface area contributed by atoms with Gasteiger partial charge in [0, 0.05) is 12.3 Å². The van der Waals surface area contributed by atoms with E-state index in [1.165, 1.54) is 0 Å². The molecule has 0 N–H and O–H groups in total. The molecule has 0 fully saturated rings. The molecule has 0 radical (unpaired) electrons. The molecule has 0 aliphatic carbocycles. The summed E-state index contributed by atoms with van der Waals surface area (Å²) in [5.41, 5.74) is -0.889. The van der Waals surface area contributed by atoms with Crippen molar-refractivity contribution in [3.63, 3.8) is 0 Å². The van der Waals surface area contributed by atoms with E-state index < -0.39 is 99.1 Å². The van der Waals surface area contributed by atoms with Crippen LogP contribution in [0.4, 0.5) is 57.1 Å². The van der Waals surface area contributed by atoms with Crippen molar-refractivity contribution in [3.8, 4) is 0 Å². The molecule has 0 saturated heterocycles. The van der Waals surface area contributed by atoms with Crippen molar-refractivity contribution in [1.29, 1.82) is 0 Å². The fourth-order valence-corrected chi connectivity index (χ4v) is 17.4. The van der Waals surface area contributed by atoms with Crippen LogP contribution in [0.1, 0.15) is 89.0 Å². The topological polar surface area (TPSA) is 18.5 Å². The van der Waals surface area contributed by atoms with Crippen molar-refractivity contribution in [2.45, 2.75) is 159 Å². The molecule has 1 unspecified atom stereocenters. The Morgan fingerprint density at radius 3 is 1.42 bits per heavy atom. The van der Waals surface area contributed by atoms with E-state index in [9.17, 15) is 39.5 Å². The van der Waals surface area contributed by atoms with Gasteiger partial charge in [-0.05, 0) is 91.5 Å². The van der Waals surface area contributed by atoms with Gasteiger partial charge in [-0.25, -0.2) is 0 Å². The monoisotopic (exact) mass is 1020 g/mol. The lowest BCUT2D eigenvalue weighted by molar-refractivity contribution is -0.440. The quantitative estimate of drug-likeness (QED) is 0.0569. The Balaban J connectivity index is 2.82. The standard InChI is InChI=1S/C42H56F13IO2Si2/c1-12-29(6)35(31(8)34(24-23-30(7)56)57-60(36(9,10)11,32-19-15-13-16-20-32)33-21-17-14-18-22-33)58-59(27(2)3,28(4)5)26-25-37(43,44)38(45,46)39(47,48)40(49,50)41(51,52)42(53,54)55/h12-23,27-28,31,34-35H,24-26H2,1-11H3/b29-12+,30-23+/t31-,34?,35-/m0/s1. The van der Waals surface area contributed by atoms with Crippen LogP contribution >= 0.6 is 22.6 Å². The largest absolute Gasteiger partial charge is 0.460 e. The highest BCUT2D eigenvalue weighted by molar-refractivity contribution is 14.1. The molecule has 18 heteroatoms. The van der Waals surface area contributed by atoms with Crippen LogP contribution in [0.15, 0.2) is 82.0 Å². The predicted octanol–water partition coefficient (Wildman–Crippen LogP) is 14.5. The summed E-state index contributed by atoms with van der Waals surface area (Å²) in [5, 5.41) is 1.39. The zero-order valence-electron chi connectivity index (χ0n) is 35.5. The van der Waals surface area contributed by atoms with Crippen molar-refractivity contribution in [2.24, 2.45) is 5.92 Å². The summed E-state index contributed by atoms with van der Waals surface area (Å²) in [7, 11) is -7.30. The van der Waals surface area contributed by atoms with E-state index in [4.69, 9.17) is 8.85 Å². The minimum Gasteiger partial charge on any atom is -0.409 e. The van der Waals surface area contributed by atoms with Gasteiger partial charge in [-0.1, -0.05) is 128 Å². The van der Waals surface area contributed by atoms with Crippen LogP contribution in [0.5, 0.6) is 0 Å². The molecule has 2 nitrogen and oxygen atoms in total. The molecular weight excluding hydrogens is 967 g/mol. The molecule has 342 valence electrons. The highest BCUT2D eigenvalue weighted by Crippen LogP contribution is 2.61. The van der Waals surface area contributed by atoms with E-state index >= 15 is 17.6 Å². The first-order valence-electron chi connectivity index (χ1n) is 19.4. The summed E-state index contributed by atoms with van der Waals surface area (Å²) >= 11 is 2.15. The Bertz CT molecular complexity index is 1690. The Hall–Kier alpha value is -1.91. The average molecular weight is 1020 g/mol. The Morgan fingerprint density at radius 2 is 1.07 bits per heavy atom. The number of hydrogen-bond donors (Lipinski definition) is 0. The second-order valence-electron chi connectivity index (χ2n) is 17.0. The molecule has 0 bridgehead atoms.